The molecule has 5 nitrogen and oxygen atoms in total. The summed E-state index contributed by atoms with van der Waals surface area (Å²) >= 11 is 9.53. The lowest BCUT2D eigenvalue weighted by atomic mass is 10.0. The van der Waals surface area contributed by atoms with Gasteiger partial charge in [-0.05, 0) is 47.9 Å². The largest absolute Gasteiger partial charge is 0.484 e. The smallest absolute Gasteiger partial charge is 0.261 e. The molecule has 3 rings (SSSR count). The number of hydrogen-bond donors (Lipinski definition) is 1. The lowest BCUT2D eigenvalue weighted by molar-refractivity contribution is -0.142. The Balaban J connectivity index is 1.89. The standard InChI is InChI=1S/C27H28BrClN2O3/c1-2-14-30-27(33)25(16-20-8-4-3-5-9-20)31(18-21-10-6-11-22(28)15-21)26(32)19-34-24-13-7-12-23(29)17-24/h3-13,15,17,25H,2,14,16,18-19H2,1H3,(H,30,33)/t25-/m0/s1. The predicted octanol–water partition coefficient (Wildman–Crippen LogP) is 5.65. The summed E-state index contributed by atoms with van der Waals surface area (Å²) in [6.45, 7) is 2.60. The average Bonchev–Trinajstić information content (AvgIpc) is 2.84. The third kappa shape index (κ3) is 7.89. The van der Waals surface area contributed by atoms with Crippen LogP contribution in [0.2, 0.25) is 5.02 Å². The number of halogens is 2. The Morgan fingerprint density at radius 3 is 2.44 bits per heavy atom. The van der Waals surface area contributed by atoms with Crippen LogP contribution in [0.15, 0.2) is 83.3 Å². The molecular formula is C27H28BrClN2O3. The van der Waals surface area contributed by atoms with Crippen LogP contribution in [0, 0.1) is 0 Å². The van der Waals surface area contributed by atoms with E-state index >= 15 is 0 Å². The maximum Gasteiger partial charge on any atom is 0.261 e. The Hall–Kier alpha value is -2.83. The second kappa shape index (κ2) is 13.2. The first-order chi connectivity index (χ1) is 16.5. The number of nitrogens with one attached hydrogen (secondary N) is 1. The highest BCUT2D eigenvalue weighted by molar-refractivity contribution is 9.10. The van der Waals surface area contributed by atoms with E-state index in [1.54, 1.807) is 29.2 Å². The maximum atomic E-state index is 13.5. The molecule has 0 spiro atoms. The Labute approximate surface area is 214 Å². The van der Waals surface area contributed by atoms with Gasteiger partial charge in [-0.15, -0.1) is 0 Å². The number of nitrogens with zero attached hydrogens (tertiary/aromatic N) is 1. The van der Waals surface area contributed by atoms with Gasteiger partial charge < -0.3 is 15.0 Å². The van der Waals surface area contributed by atoms with Crippen LogP contribution >= 0.6 is 27.5 Å². The second-order valence-electron chi connectivity index (χ2n) is 7.89. The van der Waals surface area contributed by atoms with Crippen LogP contribution in [-0.2, 0) is 22.6 Å². The Morgan fingerprint density at radius 2 is 1.74 bits per heavy atom. The van der Waals surface area contributed by atoms with Crippen molar-refractivity contribution >= 4 is 39.3 Å². The first kappa shape index (κ1) is 25.8. The van der Waals surface area contributed by atoms with Crippen LogP contribution in [0.5, 0.6) is 5.75 Å². The van der Waals surface area contributed by atoms with Crippen molar-refractivity contribution in [2.24, 2.45) is 0 Å². The van der Waals surface area contributed by atoms with Crippen LogP contribution in [0.1, 0.15) is 24.5 Å². The number of hydrogen-bond acceptors (Lipinski definition) is 3. The molecule has 7 heteroatoms. The van der Waals surface area contributed by atoms with E-state index < -0.39 is 6.04 Å². The van der Waals surface area contributed by atoms with Gasteiger partial charge >= 0.3 is 0 Å². The van der Waals surface area contributed by atoms with Crippen molar-refractivity contribution in [3.8, 4) is 5.75 Å². The molecule has 34 heavy (non-hydrogen) atoms. The highest BCUT2D eigenvalue weighted by Crippen LogP contribution is 2.20. The lowest BCUT2D eigenvalue weighted by Crippen LogP contribution is -2.51. The zero-order valence-electron chi connectivity index (χ0n) is 19.0. The Bertz CT molecular complexity index is 1090. The van der Waals surface area contributed by atoms with Gasteiger partial charge in [-0.1, -0.05) is 83.0 Å². The molecule has 0 heterocycles. The molecule has 3 aromatic carbocycles. The third-order valence-corrected chi connectivity index (χ3v) is 5.95. The molecule has 0 radical (unpaired) electrons. The summed E-state index contributed by atoms with van der Waals surface area (Å²) in [7, 11) is 0. The van der Waals surface area contributed by atoms with E-state index in [9.17, 15) is 9.59 Å². The fourth-order valence-corrected chi connectivity index (χ4v) is 4.16. The van der Waals surface area contributed by atoms with Crippen molar-refractivity contribution in [1.82, 2.24) is 10.2 Å². The van der Waals surface area contributed by atoms with Gasteiger partial charge in [0.2, 0.25) is 5.91 Å². The van der Waals surface area contributed by atoms with Crippen molar-refractivity contribution in [2.45, 2.75) is 32.4 Å². The summed E-state index contributed by atoms with van der Waals surface area (Å²) in [5.41, 5.74) is 1.88. The van der Waals surface area contributed by atoms with E-state index in [0.29, 0.717) is 23.7 Å². The average molecular weight is 544 g/mol. The van der Waals surface area contributed by atoms with Gasteiger partial charge in [0.1, 0.15) is 11.8 Å². The molecule has 0 saturated carbocycles. The van der Waals surface area contributed by atoms with Crippen molar-refractivity contribution in [3.63, 3.8) is 0 Å². The predicted molar refractivity (Wildman–Crippen MR) is 139 cm³/mol. The highest BCUT2D eigenvalue weighted by atomic mass is 79.9. The topological polar surface area (TPSA) is 58.6 Å². The molecule has 1 atom stereocenters. The molecule has 0 aliphatic heterocycles. The summed E-state index contributed by atoms with van der Waals surface area (Å²) < 4.78 is 6.64. The first-order valence-electron chi connectivity index (χ1n) is 11.2. The van der Waals surface area contributed by atoms with Gasteiger partial charge in [-0.3, -0.25) is 9.59 Å². The number of rotatable bonds is 11. The van der Waals surface area contributed by atoms with Gasteiger partial charge in [-0.25, -0.2) is 0 Å². The molecule has 1 N–H and O–H groups in total. The van der Waals surface area contributed by atoms with Gasteiger partial charge in [0.05, 0.1) is 0 Å². The molecule has 0 saturated heterocycles. The second-order valence-corrected chi connectivity index (χ2v) is 9.25. The molecular weight excluding hydrogens is 516 g/mol. The minimum absolute atomic E-state index is 0.184. The zero-order valence-corrected chi connectivity index (χ0v) is 21.4. The molecule has 3 aromatic rings. The minimum atomic E-state index is -0.691. The van der Waals surface area contributed by atoms with Gasteiger partial charge in [0.15, 0.2) is 6.61 Å². The van der Waals surface area contributed by atoms with Crippen molar-refractivity contribution in [3.05, 3.63) is 99.5 Å². The van der Waals surface area contributed by atoms with Crippen LogP contribution in [0.25, 0.3) is 0 Å². The zero-order chi connectivity index (χ0) is 24.3. The van der Waals surface area contributed by atoms with E-state index in [0.717, 1.165) is 22.0 Å². The van der Waals surface area contributed by atoms with E-state index in [1.807, 2.05) is 61.5 Å². The van der Waals surface area contributed by atoms with E-state index in [1.165, 1.54) is 0 Å². The minimum Gasteiger partial charge on any atom is -0.484 e. The molecule has 0 unspecified atom stereocenters. The summed E-state index contributed by atoms with van der Waals surface area (Å²) in [4.78, 5) is 28.3. The monoisotopic (exact) mass is 542 g/mol. The fraction of sp³-hybridized carbons (Fsp3) is 0.259. The van der Waals surface area contributed by atoms with E-state index in [-0.39, 0.29) is 25.0 Å². The van der Waals surface area contributed by atoms with Gasteiger partial charge in [-0.2, -0.15) is 0 Å². The lowest BCUT2D eigenvalue weighted by Gasteiger charge is -2.31. The summed E-state index contributed by atoms with van der Waals surface area (Å²) in [5.74, 6) is 0.0302. The number of carbonyl (C=O) groups excluding carboxylic acids is 2. The number of ether oxygens (including phenoxy) is 1. The Kier molecular flexibility index (Phi) is 9.98. The van der Waals surface area contributed by atoms with Crippen molar-refractivity contribution in [2.75, 3.05) is 13.2 Å². The molecule has 0 bridgehead atoms. The quantitative estimate of drug-likeness (QED) is 0.340. The van der Waals surface area contributed by atoms with Crippen molar-refractivity contribution < 1.29 is 14.3 Å². The van der Waals surface area contributed by atoms with Crippen LogP contribution in [0.3, 0.4) is 0 Å². The fourth-order valence-electron chi connectivity index (χ4n) is 3.54. The van der Waals surface area contributed by atoms with Crippen molar-refractivity contribution in [1.29, 1.82) is 0 Å². The number of amides is 2. The third-order valence-electron chi connectivity index (χ3n) is 5.22. The molecule has 2 amide bonds. The normalized spacial score (nSPS) is 11.5. The van der Waals surface area contributed by atoms with E-state index in [2.05, 4.69) is 21.2 Å². The molecule has 0 aliphatic rings. The molecule has 0 fully saturated rings. The molecule has 0 aromatic heterocycles. The van der Waals surface area contributed by atoms with E-state index in [4.69, 9.17) is 16.3 Å². The van der Waals surface area contributed by atoms with Gasteiger partial charge in [0, 0.05) is 29.0 Å². The van der Waals surface area contributed by atoms with Crippen LogP contribution < -0.4 is 10.1 Å². The molecule has 178 valence electrons. The SMILES string of the molecule is CCCNC(=O)[C@H](Cc1ccccc1)N(Cc1cccc(Br)c1)C(=O)COc1cccc(Cl)c1. The van der Waals surface area contributed by atoms with Crippen LogP contribution in [0.4, 0.5) is 0 Å². The van der Waals surface area contributed by atoms with Crippen LogP contribution in [-0.4, -0.2) is 35.9 Å². The first-order valence-corrected chi connectivity index (χ1v) is 12.4. The number of carbonyl (C=O) groups is 2. The number of benzene rings is 3. The Morgan fingerprint density at radius 1 is 1.00 bits per heavy atom. The molecule has 0 aliphatic carbocycles. The van der Waals surface area contributed by atoms with Gasteiger partial charge in [0.25, 0.3) is 5.91 Å². The highest BCUT2D eigenvalue weighted by Gasteiger charge is 2.30. The summed E-state index contributed by atoms with van der Waals surface area (Å²) in [5, 5.41) is 3.49. The summed E-state index contributed by atoms with van der Waals surface area (Å²) in [6, 6.07) is 23.6. The maximum absolute atomic E-state index is 13.5. The summed E-state index contributed by atoms with van der Waals surface area (Å²) in [6.07, 6.45) is 1.20.